The van der Waals surface area contributed by atoms with Crippen LogP contribution in [0.4, 0.5) is 14.9 Å². The highest BCUT2D eigenvalue weighted by Gasteiger charge is 2.06. The number of nitrogens with zero attached hydrogens (tertiary/aromatic N) is 1. The standard InChI is InChI=1S/C10H10ClFN2O2/c1-2-9(11)14-16-10(15)13-8-6-4-3-5-7(8)12/h3-6H,2H2,1H3,(H,13,15)/b14-9+. The van der Waals surface area contributed by atoms with Crippen LogP contribution in [0.2, 0.25) is 0 Å². The number of amides is 1. The Bertz CT molecular complexity index is 410. The monoisotopic (exact) mass is 244 g/mol. The highest BCUT2D eigenvalue weighted by molar-refractivity contribution is 6.65. The molecule has 0 fully saturated rings. The number of rotatable bonds is 3. The Morgan fingerprint density at radius 1 is 1.56 bits per heavy atom. The first kappa shape index (κ1) is 12.4. The summed E-state index contributed by atoms with van der Waals surface area (Å²) in [5, 5.41) is 5.66. The topological polar surface area (TPSA) is 50.7 Å². The van der Waals surface area contributed by atoms with Gasteiger partial charge in [0.2, 0.25) is 0 Å². The van der Waals surface area contributed by atoms with Crippen molar-refractivity contribution >= 4 is 28.6 Å². The molecule has 0 unspecified atom stereocenters. The number of benzene rings is 1. The van der Waals surface area contributed by atoms with E-state index in [2.05, 4.69) is 15.3 Å². The van der Waals surface area contributed by atoms with E-state index in [0.29, 0.717) is 6.42 Å². The Hall–Kier alpha value is -1.62. The Morgan fingerprint density at radius 2 is 2.25 bits per heavy atom. The van der Waals surface area contributed by atoms with Crippen LogP contribution in [-0.4, -0.2) is 11.3 Å². The van der Waals surface area contributed by atoms with E-state index < -0.39 is 11.9 Å². The third kappa shape index (κ3) is 3.86. The SMILES string of the molecule is CC/C(Cl)=N\OC(=O)Nc1ccccc1F. The van der Waals surface area contributed by atoms with Crippen molar-refractivity contribution in [1.82, 2.24) is 0 Å². The molecule has 6 heteroatoms. The van der Waals surface area contributed by atoms with Crippen molar-refractivity contribution in [3.63, 3.8) is 0 Å². The number of nitrogens with one attached hydrogen (secondary N) is 1. The number of oxime groups is 1. The fourth-order valence-electron chi connectivity index (χ4n) is 0.851. The first-order valence-electron chi connectivity index (χ1n) is 4.58. The Morgan fingerprint density at radius 3 is 2.88 bits per heavy atom. The molecule has 0 aliphatic carbocycles. The van der Waals surface area contributed by atoms with Crippen LogP contribution in [0.15, 0.2) is 29.4 Å². The zero-order valence-corrected chi connectivity index (χ0v) is 9.29. The van der Waals surface area contributed by atoms with Crippen LogP contribution in [0, 0.1) is 5.82 Å². The molecule has 1 N–H and O–H groups in total. The molecule has 0 radical (unpaired) electrons. The van der Waals surface area contributed by atoms with E-state index in [4.69, 9.17) is 11.6 Å². The molecule has 0 bridgehead atoms. The first-order chi connectivity index (χ1) is 7.63. The van der Waals surface area contributed by atoms with Gasteiger partial charge in [-0.2, -0.15) is 0 Å². The van der Waals surface area contributed by atoms with Crippen molar-refractivity contribution < 1.29 is 14.0 Å². The average molecular weight is 245 g/mol. The second kappa shape index (κ2) is 6.07. The summed E-state index contributed by atoms with van der Waals surface area (Å²) in [7, 11) is 0. The molecular weight excluding hydrogens is 235 g/mol. The number of anilines is 1. The molecule has 0 saturated heterocycles. The van der Waals surface area contributed by atoms with Gasteiger partial charge in [-0.1, -0.05) is 35.8 Å². The molecule has 16 heavy (non-hydrogen) atoms. The van der Waals surface area contributed by atoms with E-state index in [-0.39, 0.29) is 10.9 Å². The zero-order valence-electron chi connectivity index (χ0n) is 8.54. The first-order valence-corrected chi connectivity index (χ1v) is 4.96. The molecule has 0 aliphatic heterocycles. The van der Waals surface area contributed by atoms with Crippen molar-refractivity contribution in [2.24, 2.45) is 5.16 Å². The number of para-hydroxylation sites is 1. The quantitative estimate of drug-likeness (QED) is 0.504. The lowest BCUT2D eigenvalue weighted by atomic mass is 10.3. The van der Waals surface area contributed by atoms with Gasteiger partial charge in [-0.3, -0.25) is 10.2 Å². The lowest BCUT2D eigenvalue weighted by Crippen LogP contribution is -2.12. The number of halogens is 2. The summed E-state index contributed by atoms with van der Waals surface area (Å²) in [5.74, 6) is -0.551. The van der Waals surface area contributed by atoms with Crippen molar-refractivity contribution in [1.29, 1.82) is 0 Å². The van der Waals surface area contributed by atoms with Crippen molar-refractivity contribution in [2.75, 3.05) is 5.32 Å². The smallest absolute Gasteiger partial charge is 0.297 e. The van der Waals surface area contributed by atoms with E-state index in [0.717, 1.165) is 0 Å². The minimum absolute atomic E-state index is 0.0234. The molecule has 86 valence electrons. The maximum Gasteiger partial charge on any atom is 0.437 e. The Balaban J connectivity index is 2.56. The Kier molecular flexibility index (Phi) is 4.72. The van der Waals surface area contributed by atoms with Crippen LogP contribution >= 0.6 is 11.6 Å². The summed E-state index contributed by atoms with van der Waals surface area (Å²) in [4.78, 5) is 15.5. The van der Waals surface area contributed by atoms with Gasteiger partial charge in [0, 0.05) is 6.42 Å². The van der Waals surface area contributed by atoms with Gasteiger partial charge in [-0.15, -0.1) is 0 Å². The minimum atomic E-state index is -0.892. The summed E-state index contributed by atoms with van der Waals surface area (Å²) in [6.45, 7) is 1.75. The molecule has 4 nitrogen and oxygen atoms in total. The molecule has 1 aromatic carbocycles. The molecule has 1 aromatic rings. The second-order valence-corrected chi connectivity index (χ2v) is 3.24. The third-order valence-corrected chi connectivity index (χ3v) is 1.97. The van der Waals surface area contributed by atoms with E-state index in [1.807, 2.05) is 0 Å². The molecule has 1 amide bonds. The molecule has 1 rings (SSSR count). The normalized spacial score (nSPS) is 11.1. The number of hydrogen-bond acceptors (Lipinski definition) is 3. The summed E-state index contributed by atoms with van der Waals surface area (Å²) >= 11 is 5.51. The van der Waals surface area contributed by atoms with E-state index in [1.54, 1.807) is 13.0 Å². The largest absolute Gasteiger partial charge is 0.437 e. The number of carbonyl (C=O) groups is 1. The van der Waals surface area contributed by atoms with Gasteiger partial charge >= 0.3 is 6.09 Å². The molecule has 0 saturated carbocycles. The minimum Gasteiger partial charge on any atom is -0.297 e. The number of carbonyl (C=O) groups excluding carboxylic acids is 1. The third-order valence-electron chi connectivity index (χ3n) is 1.63. The highest BCUT2D eigenvalue weighted by Crippen LogP contribution is 2.12. The van der Waals surface area contributed by atoms with Crippen LogP contribution in [0.5, 0.6) is 0 Å². The maximum atomic E-state index is 13.1. The van der Waals surface area contributed by atoms with Crippen LogP contribution in [-0.2, 0) is 4.84 Å². The zero-order chi connectivity index (χ0) is 12.0. The van der Waals surface area contributed by atoms with E-state index in [9.17, 15) is 9.18 Å². The maximum absolute atomic E-state index is 13.1. The summed E-state index contributed by atoms with van der Waals surface area (Å²) in [5.41, 5.74) is 0.0234. The van der Waals surface area contributed by atoms with Crippen LogP contribution in [0.25, 0.3) is 0 Å². The fourth-order valence-corrected chi connectivity index (χ4v) is 0.885. The summed E-state index contributed by atoms with van der Waals surface area (Å²) in [6, 6.07) is 5.72. The Labute approximate surface area is 97.0 Å². The van der Waals surface area contributed by atoms with Crippen LogP contribution < -0.4 is 5.32 Å². The van der Waals surface area contributed by atoms with Gasteiger partial charge < -0.3 is 0 Å². The van der Waals surface area contributed by atoms with Crippen molar-refractivity contribution in [3.8, 4) is 0 Å². The molecular formula is C10H10ClFN2O2. The van der Waals surface area contributed by atoms with Gasteiger partial charge in [0.15, 0.2) is 0 Å². The predicted molar refractivity (Wildman–Crippen MR) is 60.1 cm³/mol. The van der Waals surface area contributed by atoms with Crippen molar-refractivity contribution in [3.05, 3.63) is 30.1 Å². The average Bonchev–Trinajstić information content (AvgIpc) is 2.29. The molecule has 0 heterocycles. The number of hydrogen-bond donors (Lipinski definition) is 1. The van der Waals surface area contributed by atoms with Gasteiger partial charge in [-0.25, -0.2) is 9.18 Å². The van der Waals surface area contributed by atoms with Crippen LogP contribution in [0.3, 0.4) is 0 Å². The van der Waals surface area contributed by atoms with Gasteiger partial charge in [-0.05, 0) is 12.1 Å². The van der Waals surface area contributed by atoms with Gasteiger partial charge in [0.25, 0.3) is 0 Å². The summed E-state index contributed by atoms with van der Waals surface area (Å²) < 4.78 is 13.1. The van der Waals surface area contributed by atoms with E-state index in [1.165, 1.54) is 18.2 Å². The van der Waals surface area contributed by atoms with Gasteiger partial charge in [0.05, 0.1) is 5.69 Å². The molecule has 0 aliphatic rings. The van der Waals surface area contributed by atoms with Crippen LogP contribution in [0.1, 0.15) is 13.3 Å². The highest BCUT2D eigenvalue weighted by atomic mass is 35.5. The summed E-state index contributed by atoms with van der Waals surface area (Å²) in [6.07, 6.45) is -0.439. The van der Waals surface area contributed by atoms with Crippen molar-refractivity contribution in [2.45, 2.75) is 13.3 Å². The predicted octanol–water partition coefficient (Wildman–Crippen LogP) is 3.34. The fraction of sp³-hybridized carbons (Fsp3) is 0.200. The molecule has 0 aromatic heterocycles. The second-order valence-electron chi connectivity index (χ2n) is 2.80. The molecule has 0 atom stereocenters. The lowest BCUT2D eigenvalue weighted by Gasteiger charge is -2.03. The lowest BCUT2D eigenvalue weighted by molar-refractivity contribution is 0.166. The molecule has 0 spiro atoms. The van der Waals surface area contributed by atoms with E-state index >= 15 is 0 Å². The van der Waals surface area contributed by atoms with Gasteiger partial charge in [0.1, 0.15) is 11.0 Å².